The number of thiocarbonyl (C=S) groups is 1. The summed E-state index contributed by atoms with van der Waals surface area (Å²) in [4.78, 5) is 17.8. The normalized spacial score (nSPS) is 16.3. The minimum atomic E-state index is -0.391. The van der Waals surface area contributed by atoms with E-state index in [1.165, 1.54) is 6.07 Å². The first-order valence-corrected chi connectivity index (χ1v) is 13.3. The van der Waals surface area contributed by atoms with Crippen LogP contribution in [0.3, 0.4) is 0 Å². The number of pyridine rings is 1. The lowest BCUT2D eigenvalue weighted by molar-refractivity contribution is -0.384. The third kappa shape index (κ3) is 5.20. The summed E-state index contributed by atoms with van der Waals surface area (Å²) >= 11 is 5.87. The Kier molecular flexibility index (Phi) is 7.05. The Morgan fingerprint density at radius 2 is 1.61 bits per heavy atom. The molecule has 10 heteroatoms. The van der Waals surface area contributed by atoms with Gasteiger partial charge in [-0.2, -0.15) is 0 Å². The molecule has 9 nitrogen and oxygen atoms in total. The molecule has 0 aliphatic carbocycles. The second-order valence-corrected chi connectivity index (χ2v) is 9.73. The van der Waals surface area contributed by atoms with Crippen molar-refractivity contribution in [3.63, 3.8) is 0 Å². The maximum absolute atomic E-state index is 11.5. The number of hydrogen-bond donors (Lipinski definition) is 1. The molecule has 0 saturated carbocycles. The molecule has 3 aromatic carbocycles. The van der Waals surface area contributed by atoms with Gasteiger partial charge >= 0.3 is 0 Å². The molecule has 1 aliphatic rings. The summed E-state index contributed by atoms with van der Waals surface area (Å²) in [5, 5.41) is 15.5. The molecule has 0 radical (unpaired) electrons. The lowest BCUT2D eigenvalue weighted by Crippen LogP contribution is -2.30. The molecule has 0 bridgehead atoms. The number of hydrogen-bond acceptors (Lipinski definition) is 6. The van der Waals surface area contributed by atoms with Crippen LogP contribution in [0, 0.1) is 10.1 Å². The minimum absolute atomic E-state index is 0.0211. The fourth-order valence-electron chi connectivity index (χ4n) is 5.01. The summed E-state index contributed by atoms with van der Waals surface area (Å²) in [6, 6.07) is 30.8. The van der Waals surface area contributed by atoms with Gasteiger partial charge in [-0.1, -0.05) is 12.1 Å². The van der Waals surface area contributed by atoms with Crippen molar-refractivity contribution in [1.82, 2.24) is 14.9 Å². The zero-order chi connectivity index (χ0) is 28.3. The number of aromatic nitrogens is 2. The van der Waals surface area contributed by atoms with Crippen LogP contribution in [0.1, 0.15) is 23.5 Å². The van der Waals surface area contributed by atoms with E-state index in [0.29, 0.717) is 22.3 Å². The molecule has 1 saturated heterocycles. The number of anilines is 1. The molecular formula is C31H25N5O4S. The van der Waals surface area contributed by atoms with E-state index in [9.17, 15) is 10.1 Å². The topological polar surface area (TPSA) is 94.7 Å². The van der Waals surface area contributed by atoms with Crippen LogP contribution in [0.15, 0.2) is 116 Å². The van der Waals surface area contributed by atoms with Crippen molar-refractivity contribution in [2.45, 2.75) is 12.1 Å². The zero-order valence-electron chi connectivity index (χ0n) is 22.0. The van der Waals surface area contributed by atoms with Crippen molar-refractivity contribution in [2.75, 3.05) is 12.0 Å². The number of methoxy groups -OCH3 is 1. The molecule has 2 aromatic heterocycles. The van der Waals surface area contributed by atoms with Gasteiger partial charge in [0.15, 0.2) is 5.11 Å². The van der Waals surface area contributed by atoms with Crippen molar-refractivity contribution >= 4 is 28.7 Å². The second kappa shape index (κ2) is 11.1. The van der Waals surface area contributed by atoms with E-state index in [0.717, 1.165) is 22.8 Å². The number of nitro groups is 1. The van der Waals surface area contributed by atoms with Crippen molar-refractivity contribution in [3.05, 3.63) is 137 Å². The maximum Gasteiger partial charge on any atom is 0.271 e. The number of non-ortho nitro benzene ring substituents is 1. The van der Waals surface area contributed by atoms with E-state index in [2.05, 4.69) is 15.2 Å². The standard InChI is InChI=1S/C31H25N5O4S/c1-39-24-14-16-26(17-15-24)40-25-12-10-21(11-13-25)35-30(29(33-31(35)41)27-8-2-3-18-32-27)28-9-5-19-34(28)22-6-4-7-23(20-22)36(37)38/h2-20,29-30H,1H3,(H,33,41)/t29-,30-/m1/s1. The van der Waals surface area contributed by atoms with Crippen molar-refractivity contribution in [3.8, 4) is 22.9 Å². The van der Waals surface area contributed by atoms with Gasteiger partial charge in [0.2, 0.25) is 0 Å². The highest BCUT2D eigenvalue weighted by molar-refractivity contribution is 7.80. The zero-order valence-corrected chi connectivity index (χ0v) is 22.8. The summed E-state index contributed by atoms with van der Waals surface area (Å²) in [7, 11) is 1.62. The molecule has 6 rings (SSSR count). The van der Waals surface area contributed by atoms with E-state index in [-0.39, 0.29) is 17.8 Å². The van der Waals surface area contributed by atoms with Gasteiger partial charge in [0.25, 0.3) is 5.69 Å². The number of nitrogens with one attached hydrogen (secondary N) is 1. The highest BCUT2D eigenvalue weighted by atomic mass is 32.1. The molecule has 1 fully saturated rings. The SMILES string of the molecule is COc1ccc(Oc2ccc(N3C(=S)N[C@H](c4ccccn4)[C@H]3c3cccn3-c3cccc([N+](=O)[O-])c3)cc2)cc1. The lowest BCUT2D eigenvalue weighted by atomic mass is 10.0. The minimum Gasteiger partial charge on any atom is -0.497 e. The van der Waals surface area contributed by atoms with Crippen LogP contribution < -0.4 is 19.7 Å². The summed E-state index contributed by atoms with van der Waals surface area (Å²) in [6.45, 7) is 0. The molecule has 0 unspecified atom stereocenters. The Bertz CT molecular complexity index is 1690. The summed E-state index contributed by atoms with van der Waals surface area (Å²) in [5.41, 5.74) is 3.29. The van der Waals surface area contributed by atoms with Gasteiger partial charge in [-0.25, -0.2) is 0 Å². The third-order valence-corrected chi connectivity index (χ3v) is 7.22. The van der Waals surface area contributed by atoms with Crippen LogP contribution in [0.25, 0.3) is 5.69 Å². The van der Waals surface area contributed by atoms with Gasteiger partial charge in [-0.15, -0.1) is 0 Å². The van der Waals surface area contributed by atoms with Gasteiger partial charge < -0.3 is 24.3 Å². The fraction of sp³-hybridized carbons (Fsp3) is 0.0968. The first kappa shape index (κ1) is 26.0. The molecule has 0 spiro atoms. The Hall–Kier alpha value is -5.22. The molecule has 2 atom stereocenters. The first-order chi connectivity index (χ1) is 20.0. The highest BCUT2D eigenvalue weighted by Crippen LogP contribution is 2.43. The van der Waals surface area contributed by atoms with Gasteiger partial charge in [0, 0.05) is 35.9 Å². The van der Waals surface area contributed by atoms with Gasteiger partial charge in [-0.3, -0.25) is 15.1 Å². The fourth-order valence-corrected chi connectivity index (χ4v) is 5.36. The average molecular weight is 564 g/mol. The van der Waals surface area contributed by atoms with Gasteiger partial charge in [-0.05, 0) is 91.1 Å². The number of ether oxygens (including phenoxy) is 2. The van der Waals surface area contributed by atoms with Crippen molar-refractivity contribution < 1.29 is 14.4 Å². The van der Waals surface area contributed by atoms with Crippen LogP contribution in [-0.2, 0) is 0 Å². The molecule has 1 N–H and O–H groups in total. The predicted molar refractivity (Wildman–Crippen MR) is 160 cm³/mol. The predicted octanol–water partition coefficient (Wildman–Crippen LogP) is 6.76. The molecular weight excluding hydrogens is 538 g/mol. The number of nitrogens with zero attached hydrogens (tertiary/aromatic N) is 4. The lowest BCUT2D eigenvalue weighted by Gasteiger charge is -2.29. The quantitative estimate of drug-likeness (QED) is 0.126. The summed E-state index contributed by atoms with van der Waals surface area (Å²) in [6.07, 6.45) is 3.65. The van der Waals surface area contributed by atoms with E-state index in [1.54, 1.807) is 25.4 Å². The van der Waals surface area contributed by atoms with Crippen LogP contribution in [0.2, 0.25) is 0 Å². The smallest absolute Gasteiger partial charge is 0.271 e. The monoisotopic (exact) mass is 563 g/mol. The molecule has 204 valence electrons. The Balaban J connectivity index is 1.38. The molecule has 0 amide bonds. The van der Waals surface area contributed by atoms with Crippen molar-refractivity contribution in [1.29, 1.82) is 0 Å². The highest BCUT2D eigenvalue weighted by Gasteiger charge is 2.42. The Morgan fingerprint density at radius 3 is 2.29 bits per heavy atom. The van der Waals surface area contributed by atoms with Crippen LogP contribution >= 0.6 is 12.2 Å². The van der Waals surface area contributed by atoms with Crippen LogP contribution in [-0.4, -0.2) is 26.7 Å². The Morgan fingerprint density at radius 1 is 0.878 bits per heavy atom. The molecule has 1 aliphatic heterocycles. The number of rotatable bonds is 8. The second-order valence-electron chi connectivity index (χ2n) is 9.35. The third-order valence-electron chi connectivity index (χ3n) is 6.91. The number of nitro benzene ring substituents is 1. The number of benzene rings is 3. The molecule has 3 heterocycles. The van der Waals surface area contributed by atoms with Crippen molar-refractivity contribution in [2.24, 2.45) is 0 Å². The van der Waals surface area contributed by atoms with E-state index in [4.69, 9.17) is 21.7 Å². The first-order valence-electron chi connectivity index (χ1n) is 12.9. The molecule has 41 heavy (non-hydrogen) atoms. The maximum atomic E-state index is 11.5. The van der Waals surface area contributed by atoms with E-state index < -0.39 is 4.92 Å². The summed E-state index contributed by atoms with van der Waals surface area (Å²) in [5.74, 6) is 2.13. The van der Waals surface area contributed by atoms with Gasteiger partial charge in [0.05, 0.1) is 29.5 Å². The Labute approximate surface area is 241 Å². The summed E-state index contributed by atoms with van der Waals surface area (Å²) < 4.78 is 13.2. The largest absolute Gasteiger partial charge is 0.497 e. The van der Waals surface area contributed by atoms with Gasteiger partial charge in [0.1, 0.15) is 23.3 Å². The molecule has 5 aromatic rings. The van der Waals surface area contributed by atoms with E-state index >= 15 is 0 Å². The van der Waals surface area contributed by atoms with Crippen LogP contribution in [0.5, 0.6) is 17.2 Å². The average Bonchev–Trinajstić information content (AvgIpc) is 3.63. The van der Waals surface area contributed by atoms with E-state index in [1.807, 2.05) is 95.7 Å². The van der Waals surface area contributed by atoms with Crippen LogP contribution in [0.4, 0.5) is 11.4 Å².